The lowest BCUT2D eigenvalue weighted by Crippen LogP contribution is -2.35. The number of rotatable bonds is 6. The number of aromatic nitrogens is 2. The van der Waals surface area contributed by atoms with Gasteiger partial charge in [0.05, 0.1) is 6.61 Å². The van der Waals surface area contributed by atoms with E-state index < -0.39 is 0 Å². The first kappa shape index (κ1) is 18.6. The van der Waals surface area contributed by atoms with E-state index in [4.69, 9.17) is 51.1 Å². The zero-order valence-electron chi connectivity index (χ0n) is 13.1. The van der Waals surface area contributed by atoms with Gasteiger partial charge in [-0.1, -0.05) is 58.5 Å². The van der Waals surface area contributed by atoms with Crippen molar-refractivity contribution in [1.82, 2.24) is 4.98 Å². The van der Waals surface area contributed by atoms with Crippen molar-refractivity contribution in [2.75, 3.05) is 0 Å². The second-order valence-corrected chi connectivity index (χ2v) is 7.20. The molecule has 1 heterocycles. The first-order valence-electron chi connectivity index (χ1n) is 7.55. The minimum absolute atomic E-state index is 0.266. The van der Waals surface area contributed by atoms with E-state index in [1.54, 1.807) is 24.3 Å². The average molecular weight is 417 g/mol. The maximum atomic E-state index is 6.37. The minimum Gasteiger partial charge on any atom is -0.365 e. The molecule has 0 unspecified atom stereocenters. The maximum absolute atomic E-state index is 6.37. The quantitative estimate of drug-likeness (QED) is 0.500. The molecule has 1 aromatic heterocycles. The van der Waals surface area contributed by atoms with Gasteiger partial charge in [0.2, 0.25) is 6.33 Å². The molecule has 0 bridgehead atoms. The molecule has 0 aliphatic carbocycles. The smallest absolute Gasteiger partial charge is 0.241 e. The standard InChI is InChI=1S/C18H14Cl4N2O/c19-13-2-1-12(16(21)7-13)10-25-18(9-24-6-5-23-11-24)15-4-3-14(20)8-17(15)22/h1-8,11,18H,9-10H2/p+1/t18-/m1/s1. The van der Waals surface area contributed by atoms with Gasteiger partial charge in [0.25, 0.3) is 0 Å². The van der Waals surface area contributed by atoms with Crippen LogP contribution in [-0.4, -0.2) is 4.98 Å². The molecule has 130 valence electrons. The van der Waals surface area contributed by atoms with E-state index in [0.717, 1.165) is 11.1 Å². The number of hydrogen-bond donors (Lipinski definition) is 1. The lowest BCUT2D eigenvalue weighted by atomic mass is 10.1. The van der Waals surface area contributed by atoms with Crippen molar-refractivity contribution in [2.24, 2.45) is 0 Å². The highest BCUT2D eigenvalue weighted by Gasteiger charge is 2.19. The van der Waals surface area contributed by atoms with Crippen LogP contribution in [0, 0.1) is 0 Å². The normalized spacial score (nSPS) is 12.3. The lowest BCUT2D eigenvalue weighted by Gasteiger charge is -2.19. The van der Waals surface area contributed by atoms with Crippen LogP contribution >= 0.6 is 46.4 Å². The fourth-order valence-electron chi connectivity index (χ4n) is 2.46. The van der Waals surface area contributed by atoms with E-state index in [-0.39, 0.29) is 6.10 Å². The number of nitrogens with one attached hydrogen (secondary N) is 1. The summed E-state index contributed by atoms with van der Waals surface area (Å²) >= 11 is 24.6. The topological polar surface area (TPSA) is 28.9 Å². The molecular weight excluding hydrogens is 402 g/mol. The fraction of sp³-hybridized carbons (Fsp3) is 0.167. The van der Waals surface area contributed by atoms with E-state index >= 15 is 0 Å². The Morgan fingerprint density at radius 3 is 2.32 bits per heavy atom. The van der Waals surface area contributed by atoms with Crippen molar-refractivity contribution in [3.05, 3.63) is 86.3 Å². The van der Waals surface area contributed by atoms with Gasteiger partial charge in [0, 0.05) is 25.7 Å². The molecule has 7 heteroatoms. The molecule has 1 N–H and O–H groups in total. The number of benzene rings is 2. The van der Waals surface area contributed by atoms with Crippen molar-refractivity contribution in [3.8, 4) is 0 Å². The molecule has 3 nitrogen and oxygen atoms in total. The highest BCUT2D eigenvalue weighted by atomic mass is 35.5. The molecule has 3 rings (SSSR count). The highest BCUT2D eigenvalue weighted by molar-refractivity contribution is 6.35. The molecule has 0 fully saturated rings. The van der Waals surface area contributed by atoms with Crippen molar-refractivity contribution in [3.63, 3.8) is 0 Å². The first-order valence-corrected chi connectivity index (χ1v) is 9.06. The molecule has 0 aliphatic heterocycles. The van der Waals surface area contributed by atoms with Gasteiger partial charge in [-0.3, -0.25) is 4.98 Å². The number of ether oxygens (including phenoxy) is 1. The number of imidazole rings is 1. The van der Waals surface area contributed by atoms with Gasteiger partial charge in [-0.05, 0) is 29.8 Å². The number of halogens is 4. The molecule has 25 heavy (non-hydrogen) atoms. The predicted octanol–water partition coefficient (Wildman–Crippen LogP) is 5.87. The molecule has 0 spiro atoms. The summed E-state index contributed by atoms with van der Waals surface area (Å²) in [5.74, 6) is 0. The van der Waals surface area contributed by atoms with Crippen LogP contribution in [0.3, 0.4) is 0 Å². The predicted molar refractivity (Wildman–Crippen MR) is 101 cm³/mol. The van der Waals surface area contributed by atoms with Crippen LogP contribution in [0.15, 0.2) is 55.1 Å². The van der Waals surface area contributed by atoms with E-state index in [1.165, 1.54) is 0 Å². The number of hydrogen-bond acceptors (Lipinski definition) is 1. The van der Waals surface area contributed by atoms with Gasteiger partial charge in [0.15, 0.2) is 0 Å². The molecule has 0 amide bonds. The number of H-pyrrole nitrogens is 1. The SMILES string of the molecule is Clc1ccc(CO[C@H](C[n+]2cc[nH]c2)c2ccc(Cl)cc2Cl)c(Cl)c1. The van der Waals surface area contributed by atoms with E-state index in [2.05, 4.69) is 4.98 Å². The van der Waals surface area contributed by atoms with Crippen LogP contribution in [0.4, 0.5) is 0 Å². The Balaban J connectivity index is 1.83. The van der Waals surface area contributed by atoms with E-state index in [9.17, 15) is 0 Å². The average Bonchev–Trinajstić information content (AvgIpc) is 3.06. The second-order valence-electron chi connectivity index (χ2n) is 5.51. The largest absolute Gasteiger partial charge is 0.365 e. The highest BCUT2D eigenvalue weighted by Crippen LogP contribution is 2.30. The van der Waals surface area contributed by atoms with E-state index in [0.29, 0.717) is 33.2 Å². The summed E-state index contributed by atoms with van der Waals surface area (Å²) in [7, 11) is 0. The Kier molecular flexibility index (Phi) is 6.26. The summed E-state index contributed by atoms with van der Waals surface area (Å²) in [6.45, 7) is 0.931. The molecule has 0 saturated heterocycles. The van der Waals surface area contributed by atoms with E-state index in [1.807, 2.05) is 35.4 Å². The minimum atomic E-state index is -0.266. The summed E-state index contributed by atoms with van der Waals surface area (Å²) in [4.78, 5) is 3.02. The second kappa shape index (κ2) is 8.43. The first-order chi connectivity index (χ1) is 12.0. The van der Waals surface area contributed by atoms with Crippen molar-refractivity contribution in [1.29, 1.82) is 0 Å². The van der Waals surface area contributed by atoms with Crippen LogP contribution in [0.25, 0.3) is 0 Å². The Morgan fingerprint density at radius 1 is 0.960 bits per heavy atom. The molecule has 2 aromatic carbocycles. The molecule has 0 saturated carbocycles. The van der Waals surface area contributed by atoms with Crippen LogP contribution in [0.5, 0.6) is 0 Å². The van der Waals surface area contributed by atoms with Gasteiger partial charge in [-0.2, -0.15) is 0 Å². The van der Waals surface area contributed by atoms with Crippen LogP contribution in [0.1, 0.15) is 17.2 Å². The third-order valence-corrected chi connectivity index (χ3v) is 4.89. The third-order valence-electron chi connectivity index (χ3n) is 3.74. The molecule has 0 radical (unpaired) electrons. The number of nitrogens with zero attached hydrogens (tertiary/aromatic N) is 1. The van der Waals surface area contributed by atoms with Crippen molar-refractivity contribution in [2.45, 2.75) is 19.3 Å². The van der Waals surface area contributed by atoms with Crippen LogP contribution < -0.4 is 4.57 Å². The van der Waals surface area contributed by atoms with Crippen molar-refractivity contribution >= 4 is 46.4 Å². The third kappa shape index (κ3) is 4.90. The Bertz CT molecular complexity index is 852. The zero-order valence-corrected chi connectivity index (χ0v) is 16.1. The summed E-state index contributed by atoms with van der Waals surface area (Å²) < 4.78 is 8.12. The van der Waals surface area contributed by atoms with Gasteiger partial charge in [-0.15, -0.1) is 0 Å². The Labute approximate surface area is 166 Å². The monoisotopic (exact) mass is 415 g/mol. The summed E-state index contributed by atoms with van der Waals surface area (Å²) in [6.07, 6.45) is 5.36. The summed E-state index contributed by atoms with van der Waals surface area (Å²) in [5.41, 5.74) is 1.73. The summed E-state index contributed by atoms with van der Waals surface area (Å²) in [5, 5.41) is 2.31. The van der Waals surface area contributed by atoms with Gasteiger partial charge < -0.3 is 4.74 Å². The molecule has 1 atom stereocenters. The van der Waals surface area contributed by atoms with Crippen molar-refractivity contribution < 1.29 is 9.30 Å². The number of aromatic amines is 1. The lowest BCUT2D eigenvalue weighted by molar-refractivity contribution is -0.704. The molecule has 0 aliphatic rings. The molecular formula is C18H15Cl4N2O+. The maximum Gasteiger partial charge on any atom is 0.241 e. The van der Waals surface area contributed by atoms with Gasteiger partial charge in [-0.25, -0.2) is 4.57 Å². The van der Waals surface area contributed by atoms with Crippen LogP contribution in [0.2, 0.25) is 20.1 Å². The van der Waals surface area contributed by atoms with Crippen LogP contribution in [-0.2, 0) is 17.9 Å². The Hall–Kier alpha value is -1.23. The zero-order chi connectivity index (χ0) is 17.8. The fourth-order valence-corrected chi connectivity index (χ4v) is 3.45. The Morgan fingerprint density at radius 2 is 1.68 bits per heavy atom. The van der Waals surface area contributed by atoms with Gasteiger partial charge in [0.1, 0.15) is 25.0 Å². The molecule has 3 aromatic rings. The summed E-state index contributed by atoms with van der Waals surface area (Å²) in [6, 6.07) is 10.7. The van der Waals surface area contributed by atoms with Gasteiger partial charge >= 0.3 is 0 Å².